The summed E-state index contributed by atoms with van der Waals surface area (Å²) in [5, 5.41) is 16.5. The van der Waals surface area contributed by atoms with Gasteiger partial charge in [-0.3, -0.25) is 4.79 Å². The number of carbonyl (C=O) groups excluding carboxylic acids is 1. The van der Waals surface area contributed by atoms with Crippen LogP contribution >= 0.6 is 0 Å². The molecule has 0 radical (unpaired) electrons. The largest absolute Gasteiger partial charge is 0.478 e. The zero-order chi connectivity index (χ0) is 9.72. The molecule has 5 heteroatoms. The molecule has 0 atom stereocenters. The van der Waals surface area contributed by atoms with Crippen molar-refractivity contribution in [3.05, 3.63) is 24.3 Å². The van der Waals surface area contributed by atoms with Crippen LogP contribution in [0.15, 0.2) is 24.3 Å². The molecule has 0 saturated heterocycles. The summed E-state index contributed by atoms with van der Waals surface area (Å²) in [5.74, 6) is -3.99. The monoisotopic (exact) mass is 170 g/mol. The van der Waals surface area contributed by atoms with Crippen molar-refractivity contribution in [2.75, 3.05) is 0 Å². The number of hydrogen-bond donors (Lipinski definition) is 2. The van der Waals surface area contributed by atoms with Gasteiger partial charge in [-0.05, 0) is 6.08 Å². The van der Waals surface area contributed by atoms with Crippen molar-refractivity contribution < 1.29 is 24.6 Å². The summed E-state index contributed by atoms with van der Waals surface area (Å²) in [7, 11) is 0. The molecule has 0 spiro atoms. The molecule has 0 saturated carbocycles. The van der Waals surface area contributed by atoms with E-state index in [1.807, 2.05) is 0 Å². The molecule has 0 aliphatic rings. The second-order valence-corrected chi connectivity index (χ2v) is 1.77. The lowest BCUT2D eigenvalue weighted by Crippen LogP contribution is -2.11. The van der Waals surface area contributed by atoms with Crippen LogP contribution in [0.2, 0.25) is 0 Å². The second kappa shape index (κ2) is 4.07. The molecular formula is C7H6O5. The van der Waals surface area contributed by atoms with Crippen LogP contribution in [0.1, 0.15) is 0 Å². The van der Waals surface area contributed by atoms with Crippen LogP contribution in [0.4, 0.5) is 0 Å². The third-order valence-corrected chi connectivity index (χ3v) is 0.949. The smallest absolute Gasteiger partial charge is 0.339 e. The minimum Gasteiger partial charge on any atom is -0.478 e. The molecular weight excluding hydrogens is 164 g/mol. The third-order valence-electron chi connectivity index (χ3n) is 0.949. The summed E-state index contributed by atoms with van der Waals surface area (Å²) in [6.45, 7) is 3.02. The van der Waals surface area contributed by atoms with Crippen molar-refractivity contribution in [3.8, 4) is 0 Å². The number of rotatable bonds is 4. The molecule has 0 aliphatic heterocycles. The number of hydrogen-bond acceptors (Lipinski definition) is 3. The Morgan fingerprint density at radius 2 is 1.67 bits per heavy atom. The molecule has 0 aromatic rings. The van der Waals surface area contributed by atoms with Gasteiger partial charge in [-0.15, -0.1) is 0 Å². The Labute approximate surface area is 67.6 Å². The van der Waals surface area contributed by atoms with E-state index in [1.54, 1.807) is 0 Å². The molecule has 0 amide bonds. The minimum absolute atomic E-state index is 0.326. The molecule has 5 nitrogen and oxygen atoms in total. The molecule has 0 heterocycles. The van der Waals surface area contributed by atoms with Crippen molar-refractivity contribution in [2.45, 2.75) is 0 Å². The number of carbonyl (C=O) groups is 3. The van der Waals surface area contributed by atoms with Gasteiger partial charge in [-0.2, -0.15) is 0 Å². The quantitative estimate of drug-likeness (QED) is 0.347. The van der Waals surface area contributed by atoms with Gasteiger partial charge in [-0.25, -0.2) is 9.59 Å². The number of carboxylic acids is 2. The molecule has 0 aliphatic carbocycles. The Morgan fingerprint density at radius 1 is 1.17 bits per heavy atom. The van der Waals surface area contributed by atoms with E-state index in [-0.39, 0.29) is 0 Å². The number of ketones is 1. The number of carboxylic acid groups (broad SMARTS) is 2. The van der Waals surface area contributed by atoms with Gasteiger partial charge in [0.1, 0.15) is 5.57 Å². The van der Waals surface area contributed by atoms with Gasteiger partial charge in [0.05, 0.1) is 0 Å². The van der Waals surface area contributed by atoms with Gasteiger partial charge >= 0.3 is 11.9 Å². The first-order valence-electron chi connectivity index (χ1n) is 2.83. The third kappa shape index (κ3) is 2.78. The molecule has 2 N–H and O–H groups in total. The predicted molar refractivity (Wildman–Crippen MR) is 38.6 cm³/mol. The summed E-state index contributed by atoms with van der Waals surface area (Å²) in [6, 6.07) is 0. The fourth-order valence-corrected chi connectivity index (χ4v) is 0.472. The summed E-state index contributed by atoms with van der Waals surface area (Å²) < 4.78 is 0. The maximum atomic E-state index is 10.7. The lowest BCUT2D eigenvalue weighted by molar-refractivity contribution is -0.136. The van der Waals surface area contributed by atoms with Crippen molar-refractivity contribution in [1.82, 2.24) is 0 Å². The van der Waals surface area contributed by atoms with E-state index in [0.29, 0.717) is 6.08 Å². The fraction of sp³-hybridized carbons (Fsp3) is 0. The Balaban J connectivity index is 4.91. The predicted octanol–water partition coefficient (Wildman–Crippen LogP) is -0.163. The first kappa shape index (κ1) is 10.1. The van der Waals surface area contributed by atoms with E-state index in [1.165, 1.54) is 0 Å². The highest BCUT2D eigenvalue weighted by Gasteiger charge is 2.15. The highest BCUT2D eigenvalue weighted by Crippen LogP contribution is 1.97. The van der Waals surface area contributed by atoms with Crippen LogP contribution in [0.3, 0.4) is 0 Å². The SMILES string of the molecule is C=CC(=O)/C(=C/C(=O)O)C(=O)O. The van der Waals surface area contributed by atoms with Crippen LogP contribution in [-0.2, 0) is 14.4 Å². The van der Waals surface area contributed by atoms with Crippen LogP contribution in [0.5, 0.6) is 0 Å². The van der Waals surface area contributed by atoms with Gasteiger partial charge < -0.3 is 10.2 Å². The van der Waals surface area contributed by atoms with Crippen LogP contribution < -0.4 is 0 Å². The molecule has 0 bridgehead atoms. The number of aliphatic carboxylic acids is 2. The maximum Gasteiger partial charge on any atom is 0.339 e. The Hall–Kier alpha value is -1.91. The first-order valence-corrected chi connectivity index (χ1v) is 2.83. The zero-order valence-corrected chi connectivity index (χ0v) is 5.98. The Kier molecular flexibility index (Phi) is 3.42. The van der Waals surface area contributed by atoms with Crippen molar-refractivity contribution in [1.29, 1.82) is 0 Å². The Morgan fingerprint density at radius 3 is 1.92 bits per heavy atom. The average molecular weight is 170 g/mol. The standard InChI is InChI=1S/C7H6O5/c1-2-5(8)4(7(11)12)3-6(9)10/h2-3H,1H2,(H,9,10)(H,11,12)/b4-3-. The Bertz CT molecular complexity index is 274. The van der Waals surface area contributed by atoms with Gasteiger partial charge in [0.15, 0.2) is 5.78 Å². The summed E-state index contributed by atoms with van der Waals surface area (Å²) in [5.41, 5.74) is -0.808. The van der Waals surface area contributed by atoms with Gasteiger partial charge in [0.2, 0.25) is 0 Å². The van der Waals surface area contributed by atoms with Crippen LogP contribution in [0, 0.1) is 0 Å². The number of allylic oxidation sites excluding steroid dienone is 1. The minimum atomic E-state index is -1.58. The zero-order valence-electron chi connectivity index (χ0n) is 5.98. The molecule has 0 aromatic heterocycles. The summed E-state index contributed by atoms with van der Waals surface area (Å²) in [4.78, 5) is 30.9. The summed E-state index contributed by atoms with van der Waals surface area (Å²) in [6.07, 6.45) is 1.06. The molecule has 12 heavy (non-hydrogen) atoms. The lowest BCUT2D eigenvalue weighted by Gasteiger charge is -1.92. The van der Waals surface area contributed by atoms with E-state index < -0.39 is 23.3 Å². The van der Waals surface area contributed by atoms with Gasteiger partial charge in [0.25, 0.3) is 0 Å². The van der Waals surface area contributed by atoms with Gasteiger partial charge in [0, 0.05) is 6.08 Å². The topological polar surface area (TPSA) is 91.7 Å². The average Bonchev–Trinajstić information content (AvgIpc) is 1.98. The van der Waals surface area contributed by atoms with Crippen molar-refractivity contribution in [3.63, 3.8) is 0 Å². The molecule has 64 valence electrons. The van der Waals surface area contributed by atoms with E-state index >= 15 is 0 Å². The van der Waals surface area contributed by atoms with E-state index in [9.17, 15) is 14.4 Å². The molecule has 0 aromatic carbocycles. The van der Waals surface area contributed by atoms with E-state index in [4.69, 9.17) is 10.2 Å². The normalized spacial score (nSPS) is 10.5. The van der Waals surface area contributed by atoms with Crippen molar-refractivity contribution >= 4 is 17.7 Å². The van der Waals surface area contributed by atoms with E-state index in [2.05, 4.69) is 6.58 Å². The van der Waals surface area contributed by atoms with E-state index in [0.717, 1.165) is 6.08 Å². The molecule has 0 fully saturated rings. The molecule has 0 unspecified atom stereocenters. The van der Waals surface area contributed by atoms with Crippen LogP contribution in [-0.4, -0.2) is 27.9 Å². The van der Waals surface area contributed by atoms with Crippen molar-refractivity contribution in [2.24, 2.45) is 0 Å². The first-order chi connectivity index (χ1) is 5.49. The lowest BCUT2D eigenvalue weighted by atomic mass is 10.1. The second-order valence-electron chi connectivity index (χ2n) is 1.77. The summed E-state index contributed by atoms with van der Waals surface area (Å²) >= 11 is 0. The maximum absolute atomic E-state index is 10.7. The highest BCUT2D eigenvalue weighted by molar-refractivity contribution is 6.23. The highest BCUT2D eigenvalue weighted by atomic mass is 16.4. The van der Waals surface area contributed by atoms with Gasteiger partial charge in [-0.1, -0.05) is 6.58 Å². The molecule has 0 rings (SSSR count). The fourth-order valence-electron chi connectivity index (χ4n) is 0.472. The van der Waals surface area contributed by atoms with Crippen LogP contribution in [0.25, 0.3) is 0 Å².